The van der Waals surface area contributed by atoms with Gasteiger partial charge in [0.05, 0.1) is 17.9 Å². The quantitative estimate of drug-likeness (QED) is 0.0429. The monoisotopic (exact) mass is 587 g/mol. The van der Waals surface area contributed by atoms with Crippen LogP contribution in [0.5, 0.6) is 0 Å². The molecule has 0 heterocycles. The lowest BCUT2D eigenvalue weighted by atomic mass is 10.0. The van der Waals surface area contributed by atoms with Gasteiger partial charge >= 0.3 is 0 Å². The molecule has 0 aliphatic heterocycles. The number of carbonyl (C=O) groups excluding carboxylic acids is 1. The van der Waals surface area contributed by atoms with Gasteiger partial charge in [-0.15, -0.1) is 0 Å². The Kier molecular flexibility index (Phi) is 25.9. The van der Waals surface area contributed by atoms with Crippen molar-refractivity contribution in [2.75, 3.05) is 5.75 Å². The topological polar surface area (TPSA) is 124 Å². The van der Waals surface area contributed by atoms with Crippen LogP contribution in [0, 0.1) is 0 Å². The second kappa shape index (κ2) is 26.7. The fraction of sp³-hybridized carbons (Fsp3) is 0.844. The Morgan fingerprint density at radius 1 is 0.675 bits per heavy atom. The van der Waals surface area contributed by atoms with Gasteiger partial charge in [-0.25, -0.2) is 0 Å². The third-order valence-corrected chi connectivity index (χ3v) is 8.01. The lowest BCUT2D eigenvalue weighted by molar-refractivity contribution is -0.130. The van der Waals surface area contributed by atoms with Gasteiger partial charge < -0.3 is 15.5 Å². The molecular weight excluding hydrogens is 526 g/mol. The molecule has 3 unspecified atom stereocenters. The van der Waals surface area contributed by atoms with Crippen LogP contribution in [-0.4, -0.2) is 53.1 Å². The highest BCUT2D eigenvalue weighted by Gasteiger charge is 2.27. The van der Waals surface area contributed by atoms with Crippen LogP contribution < -0.4 is 5.32 Å². The minimum atomic E-state index is -4.43. The fourth-order valence-electron chi connectivity index (χ4n) is 4.68. The molecule has 3 atom stereocenters. The molecule has 4 N–H and O–H groups in total. The molecule has 0 fully saturated rings. The summed E-state index contributed by atoms with van der Waals surface area (Å²) in [5.74, 6) is -1.54. The first kappa shape index (κ1) is 38.8. The number of hydrogen-bond donors (Lipinski definition) is 4. The zero-order valence-corrected chi connectivity index (χ0v) is 26.4. The number of aliphatic hydroxyl groups excluding tert-OH is 2. The van der Waals surface area contributed by atoms with Crippen molar-refractivity contribution in [3.63, 3.8) is 0 Å². The average molecular weight is 588 g/mol. The molecule has 0 rings (SSSR count). The predicted molar refractivity (Wildman–Crippen MR) is 167 cm³/mol. The van der Waals surface area contributed by atoms with E-state index in [1.54, 1.807) is 6.08 Å². The molecular formula is C32H61NO6S. The van der Waals surface area contributed by atoms with Gasteiger partial charge in [0.1, 0.15) is 6.10 Å². The first-order valence-corrected chi connectivity index (χ1v) is 17.8. The molecule has 0 bridgehead atoms. The number of rotatable bonds is 28. The van der Waals surface area contributed by atoms with Crippen LogP contribution in [0.4, 0.5) is 0 Å². The van der Waals surface area contributed by atoms with E-state index in [2.05, 4.69) is 31.3 Å². The number of hydrogen-bond acceptors (Lipinski definition) is 5. The number of aliphatic hydroxyl groups is 2. The minimum Gasteiger partial charge on any atom is -0.387 e. The highest BCUT2D eigenvalue weighted by Crippen LogP contribution is 2.12. The van der Waals surface area contributed by atoms with E-state index in [1.807, 2.05) is 0 Å². The van der Waals surface area contributed by atoms with E-state index in [4.69, 9.17) is 0 Å². The van der Waals surface area contributed by atoms with Crippen molar-refractivity contribution in [2.45, 2.75) is 167 Å². The smallest absolute Gasteiger partial charge is 0.267 e. The third-order valence-electron chi connectivity index (χ3n) is 7.23. The lowest BCUT2D eigenvalue weighted by Crippen LogP contribution is -2.50. The maximum absolute atomic E-state index is 12.5. The Bertz CT molecular complexity index is 753. The molecule has 0 aromatic heterocycles. The van der Waals surface area contributed by atoms with Crippen molar-refractivity contribution in [3.8, 4) is 0 Å². The van der Waals surface area contributed by atoms with E-state index in [1.165, 1.54) is 83.1 Å². The molecule has 7 nitrogen and oxygen atoms in total. The maximum atomic E-state index is 12.5. The van der Waals surface area contributed by atoms with E-state index in [9.17, 15) is 28.0 Å². The van der Waals surface area contributed by atoms with E-state index < -0.39 is 40.0 Å². The fourth-order valence-corrected chi connectivity index (χ4v) is 5.42. The molecule has 8 heteroatoms. The Morgan fingerprint density at radius 3 is 1.60 bits per heavy atom. The van der Waals surface area contributed by atoms with E-state index in [0.29, 0.717) is 6.42 Å². The van der Waals surface area contributed by atoms with Gasteiger partial charge in [0.15, 0.2) is 0 Å². The van der Waals surface area contributed by atoms with Crippen molar-refractivity contribution < 1.29 is 28.0 Å². The average Bonchev–Trinajstić information content (AvgIpc) is 2.90. The van der Waals surface area contributed by atoms with Crippen LogP contribution in [0.15, 0.2) is 24.3 Å². The van der Waals surface area contributed by atoms with Gasteiger partial charge in [0, 0.05) is 0 Å². The summed E-state index contributed by atoms with van der Waals surface area (Å²) in [4.78, 5) is 12.5. The molecule has 236 valence electrons. The summed E-state index contributed by atoms with van der Waals surface area (Å²) in [6.07, 6.45) is 28.1. The van der Waals surface area contributed by atoms with E-state index >= 15 is 0 Å². The highest BCUT2D eigenvalue weighted by atomic mass is 32.2. The number of nitrogens with one attached hydrogen (secondary N) is 1. The first-order chi connectivity index (χ1) is 19.2. The molecule has 0 saturated heterocycles. The summed E-state index contributed by atoms with van der Waals surface area (Å²) in [7, 11) is -4.43. The molecule has 1 amide bonds. The van der Waals surface area contributed by atoms with Crippen LogP contribution in [0.2, 0.25) is 0 Å². The standard InChI is InChI=1S/C32H61NO6S/c1-3-5-7-9-11-13-14-15-16-17-19-21-23-25-27-31(35)32(36)33-29(28-40(37,38)39)30(34)26-24-22-20-18-12-10-8-6-4-2/h13-14,24,26,29-31,34-35H,3-12,15-23,25,27-28H2,1-2H3,(H,33,36)(H,37,38,39)/b14-13-,26-24+. The summed E-state index contributed by atoms with van der Waals surface area (Å²) < 4.78 is 32.2. The summed E-state index contributed by atoms with van der Waals surface area (Å²) in [6, 6.07) is -1.23. The summed E-state index contributed by atoms with van der Waals surface area (Å²) in [6.45, 7) is 4.42. The number of allylic oxidation sites excluding steroid dienone is 3. The highest BCUT2D eigenvalue weighted by molar-refractivity contribution is 7.85. The van der Waals surface area contributed by atoms with E-state index in [0.717, 1.165) is 44.9 Å². The van der Waals surface area contributed by atoms with Crippen molar-refractivity contribution in [1.29, 1.82) is 0 Å². The summed E-state index contributed by atoms with van der Waals surface area (Å²) in [5.41, 5.74) is 0. The SMILES string of the molecule is CCCCCC/C=C\CCCCCCCCC(O)C(=O)NC(CS(=O)(=O)O)C(O)/C=C/CCCCCCCCC. The van der Waals surface area contributed by atoms with Gasteiger partial charge in [0.25, 0.3) is 10.1 Å². The zero-order valence-electron chi connectivity index (χ0n) is 25.6. The first-order valence-electron chi connectivity index (χ1n) is 16.1. The second-order valence-corrected chi connectivity index (χ2v) is 12.7. The van der Waals surface area contributed by atoms with Gasteiger partial charge in [0.2, 0.25) is 5.91 Å². The number of carbonyl (C=O) groups is 1. The van der Waals surface area contributed by atoms with Crippen LogP contribution in [0.1, 0.15) is 149 Å². The van der Waals surface area contributed by atoms with Crippen LogP contribution in [0.25, 0.3) is 0 Å². The van der Waals surface area contributed by atoms with Crippen LogP contribution in [0.3, 0.4) is 0 Å². The summed E-state index contributed by atoms with van der Waals surface area (Å²) >= 11 is 0. The van der Waals surface area contributed by atoms with Crippen molar-refractivity contribution in [2.24, 2.45) is 0 Å². The van der Waals surface area contributed by atoms with Gasteiger partial charge in [-0.2, -0.15) is 8.42 Å². The molecule has 0 radical (unpaired) electrons. The van der Waals surface area contributed by atoms with Gasteiger partial charge in [-0.1, -0.05) is 128 Å². The molecule has 0 saturated carbocycles. The second-order valence-electron chi connectivity index (χ2n) is 11.2. The van der Waals surface area contributed by atoms with Crippen molar-refractivity contribution in [3.05, 3.63) is 24.3 Å². The normalized spacial score (nSPS) is 14.6. The third kappa shape index (κ3) is 25.7. The minimum absolute atomic E-state index is 0.273. The van der Waals surface area contributed by atoms with Crippen molar-refractivity contribution >= 4 is 16.0 Å². The Balaban J connectivity index is 4.19. The largest absolute Gasteiger partial charge is 0.387 e. The molecule has 0 spiro atoms. The Hall–Kier alpha value is -1.22. The maximum Gasteiger partial charge on any atom is 0.267 e. The van der Waals surface area contributed by atoms with Gasteiger partial charge in [-0.3, -0.25) is 9.35 Å². The molecule has 0 aromatic rings. The zero-order chi connectivity index (χ0) is 29.9. The number of amides is 1. The van der Waals surface area contributed by atoms with Crippen molar-refractivity contribution in [1.82, 2.24) is 5.32 Å². The molecule has 0 aromatic carbocycles. The molecule has 40 heavy (non-hydrogen) atoms. The number of unbranched alkanes of at least 4 members (excludes halogenated alkanes) is 17. The predicted octanol–water partition coefficient (Wildman–Crippen LogP) is 7.43. The Morgan fingerprint density at radius 2 is 1.10 bits per heavy atom. The van der Waals surface area contributed by atoms with Gasteiger partial charge in [-0.05, 0) is 44.9 Å². The van der Waals surface area contributed by atoms with Crippen LogP contribution in [-0.2, 0) is 14.9 Å². The Labute approximate surface area is 246 Å². The van der Waals surface area contributed by atoms with Crippen LogP contribution >= 0.6 is 0 Å². The summed E-state index contributed by atoms with van der Waals surface area (Å²) in [5, 5.41) is 23.1. The van der Waals surface area contributed by atoms with E-state index in [-0.39, 0.29) is 6.42 Å². The molecule has 0 aliphatic rings. The lowest BCUT2D eigenvalue weighted by Gasteiger charge is -2.22. The molecule has 0 aliphatic carbocycles.